The van der Waals surface area contributed by atoms with Crippen molar-refractivity contribution in [3.8, 4) is 0 Å². The number of carbonyl (C=O) groups is 1. The van der Waals surface area contributed by atoms with Crippen LogP contribution < -0.4 is 5.32 Å². The Balaban J connectivity index is 2.20. The molecule has 1 aromatic carbocycles. The smallest absolute Gasteiger partial charge is 0.331 e. The molecule has 92 valence electrons. The summed E-state index contributed by atoms with van der Waals surface area (Å²) >= 11 is 6.08. The topological polar surface area (TPSA) is 38.3 Å². The first-order valence-corrected chi connectivity index (χ1v) is 6.06. The zero-order valence-corrected chi connectivity index (χ0v) is 10.8. The number of nitrogens with one attached hydrogen (secondary N) is 1. The Bertz CT molecular complexity index is 427. The lowest BCUT2D eigenvalue weighted by Gasteiger charge is -2.45. The molecule has 0 unspecified atom stereocenters. The minimum absolute atomic E-state index is 0.212. The molecule has 1 saturated carbocycles. The monoisotopic (exact) mass is 253 g/mol. The average molecular weight is 254 g/mol. The zero-order chi connectivity index (χ0) is 12.5. The standard InChI is InChI=1S/C13H16ClNO2/c1-9-7-13(8-9,12(16)17-2)15-11-6-4-3-5-10(11)14/h3-6,9,15H,7-8H2,1-2H3. The molecule has 3 nitrogen and oxygen atoms in total. The number of halogens is 1. The van der Waals surface area contributed by atoms with Crippen molar-refractivity contribution in [2.24, 2.45) is 5.92 Å². The maximum atomic E-state index is 11.8. The average Bonchev–Trinajstić information content (AvgIpc) is 2.28. The van der Waals surface area contributed by atoms with E-state index >= 15 is 0 Å². The molecule has 0 amide bonds. The van der Waals surface area contributed by atoms with Crippen molar-refractivity contribution in [1.29, 1.82) is 0 Å². The fraction of sp³-hybridized carbons (Fsp3) is 0.462. The van der Waals surface area contributed by atoms with Crippen molar-refractivity contribution < 1.29 is 9.53 Å². The van der Waals surface area contributed by atoms with Crippen LogP contribution in [-0.2, 0) is 9.53 Å². The number of para-hydroxylation sites is 1. The second-order valence-corrected chi connectivity index (χ2v) is 5.10. The number of carbonyl (C=O) groups excluding carboxylic acids is 1. The summed E-state index contributed by atoms with van der Waals surface area (Å²) in [5.74, 6) is 0.319. The zero-order valence-electron chi connectivity index (χ0n) is 10.00. The third-order valence-corrected chi connectivity index (χ3v) is 3.55. The Morgan fingerprint density at radius 2 is 2.12 bits per heavy atom. The molecule has 0 radical (unpaired) electrons. The molecule has 0 atom stereocenters. The second-order valence-electron chi connectivity index (χ2n) is 4.69. The molecule has 1 aliphatic carbocycles. The van der Waals surface area contributed by atoms with Crippen LogP contribution in [0.5, 0.6) is 0 Å². The van der Waals surface area contributed by atoms with Crippen LogP contribution in [0.4, 0.5) is 5.69 Å². The summed E-state index contributed by atoms with van der Waals surface area (Å²) in [6.07, 6.45) is 1.57. The largest absolute Gasteiger partial charge is 0.467 e. The summed E-state index contributed by atoms with van der Waals surface area (Å²) < 4.78 is 4.87. The van der Waals surface area contributed by atoms with Crippen LogP contribution >= 0.6 is 11.6 Å². The maximum absolute atomic E-state index is 11.8. The lowest BCUT2D eigenvalue weighted by molar-refractivity contribution is -0.150. The first-order chi connectivity index (χ1) is 8.07. The Morgan fingerprint density at radius 1 is 1.47 bits per heavy atom. The van der Waals surface area contributed by atoms with Gasteiger partial charge in [-0.2, -0.15) is 0 Å². The number of esters is 1. The molecule has 0 aliphatic heterocycles. The van der Waals surface area contributed by atoms with E-state index in [4.69, 9.17) is 16.3 Å². The third-order valence-electron chi connectivity index (χ3n) is 3.22. The van der Waals surface area contributed by atoms with Crippen LogP contribution in [0.3, 0.4) is 0 Å². The second kappa shape index (κ2) is 4.57. The molecule has 1 aromatic rings. The molecule has 0 aromatic heterocycles. The van der Waals surface area contributed by atoms with Crippen molar-refractivity contribution in [2.45, 2.75) is 25.3 Å². The van der Waals surface area contributed by atoms with E-state index in [9.17, 15) is 4.79 Å². The van der Waals surface area contributed by atoms with Gasteiger partial charge in [-0.25, -0.2) is 4.79 Å². The van der Waals surface area contributed by atoms with E-state index in [-0.39, 0.29) is 5.97 Å². The lowest BCUT2D eigenvalue weighted by Crippen LogP contribution is -2.56. The molecular weight excluding hydrogens is 238 g/mol. The number of ether oxygens (including phenoxy) is 1. The van der Waals surface area contributed by atoms with E-state index in [2.05, 4.69) is 12.2 Å². The molecule has 0 spiro atoms. The van der Waals surface area contributed by atoms with Crippen LogP contribution in [0.25, 0.3) is 0 Å². The van der Waals surface area contributed by atoms with Gasteiger partial charge in [0, 0.05) is 0 Å². The summed E-state index contributed by atoms with van der Waals surface area (Å²) in [7, 11) is 1.42. The van der Waals surface area contributed by atoms with Gasteiger partial charge in [-0.05, 0) is 30.9 Å². The lowest BCUT2D eigenvalue weighted by atomic mass is 9.69. The SMILES string of the molecule is COC(=O)C1(Nc2ccccc2Cl)CC(C)C1. The summed E-state index contributed by atoms with van der Waals surface area (Å²) in [5, 5.41) is 3.86. The van der Waals surface area contributed by atoms with Crippen molar-refractivity contribution in [1.82, 2.24) is 0 Å². The van der Waals surface area contributed by atoms with E-state index in [0.29, 0.717) is 10.9 Å². The fourth-order valence-corrected chi connectivity index (χ4v) is 2.65. The number of methoxy groups -OCH3 is 1. The van der Waals surface area contributed by atoms with E-state index < -0.39 is 5.54 Å². The van der Waals surface area contributed by atoms with Crippen LogP contribution in [-0.4, -0.2) is 18.6 Å². The molecule has 1 N–H and O–H groups in total. The molecular formula is C13H16ClNO2. The van der Waals surface area contributed by atoms with Crippen molar-refractivity contribution in [3.63, 3.8) is 0 Å². The highest BCUT2D eigenvalue weighted by molar-refractivity contribution is 6.33. The van der Waals surface area contributed by atoms with Gasteiger partial charge in [-0.3, -0.25) is 0 Å². The summed E-state index contributed by atoms with van der Waals surface area (Å²) in [6, 6.07) is 7.43. The Morgan fingerprint density at radius 3 is 2.65 bits per heavy atom. The minimum atomic E-state index is -0.598. The van der Waals surface area contributed by atoms with Gasteiger partial charge in [-0.1, -0.05) is 30.7 Å². The molecule has 0 bridgehead atoms. The Labute approximate surface area is 106 Å². The highest BCUT2D eigenvalue weighted by Crippen LogP contribution is 2.42. The van der Waals surface area contributed by atoms with Crippen LogP contribution in [0, 0.1) is 5.92 Å². The van der Waals surface area contributed by atoms with Gasteiger partial charge in [0.15, 0.2) is 0 Å². The van der Waals surface area contributed by atoms with Gasteiger partial charge in [0.25, 0.3) is 0 Å². The predicted molar refractivity (Wildman–Crippen MR) is 68.2 cm³/mol. The van der Waals surface area contributed by atoms with Crippen LogP contribution in [0.15, 0.2) is 24.3 Å². The van der Waals surface area contributed by atoms with Crippen LogP contribution in [0.1, 0.15) is 19.8 Å². The quantitative estimate of drug-likeness (QED) is 0.842. The van der Waals surface area contributed by atoms with E-state index in [1.54, 1.807) is 6.07 Å². The third kappa shape index (κ3) is 2.25. The summed E-state index contributed by atoms with van der Waals surface area (Å²) in [5.41, 5.74) is 0.186. The predicted octanol–water partition coefficient (Wildman–Crippen LogP) is 3.09. The number of benzene rings is 1. The van der Waals surface area contributed by atoms with Crippen molar-refractivity contribution in [3.05, 3.63) is 29.3 Å². The Kier molecular flexibility index (Phi) is 3.29. The number of hydrogen-bond donors (Lipinski definition) is 1. The fourth-order valence-electron chi connectivity index (χ4n) is 2.47. The van der Waals surface area contributed by atoms with Crippen LogP contribution in [0.2, 0.25) is 5.02 Å². The molecule has 1 fully saturated rings. The van der Waals surface area contributed by atoms with Gasteiger partial charge in [0.2, 0.25) is 0 Å². The highest BCUT2D eigenvalue weighted by Gasteiger charge is 2.49. The first kappa shape index (κ1) is 12.2. The molecule has 2 rings (SSSR count). The molecule has 0 saturated heterocycles. The molecule has 0 heterocycles. The normalized spacial score (nSPS) is 27.1. The van der Waals surface area contributed by atoms with Crippen molar-refractivity contribution in [2.75, 3.05) is 12.4 Å². The summed E-state index contributed by atoms with van der Waals surface area (Å²) in [6.45, 7) is 2.12. The Hall–Kier alpha value is -1.22. The minimum Gasteiger partial charge on any atom is -0.467 e. The molecule has 1 aliphatic rings. The first-order valence-electron chi connectivity index (χ1n) is 5.68. The van der Waals surface area contributed by atoms with Crippen molar-refractivity contribution >= 4 is 23.3 Å². The van der Waals surface area contributed by atoms with Gasteiger partial charge < -0.3 is 10.1 Å². The van der Waals surface area contributed by atoms with E-state index in [1.165, 1.54) is 7.11 Å². The highest BCUT2D eigenvalue weighted by atomic mass is 35.5. The van der Waals surface area contributed by atoms with Gasteiger partial charge in [0.1, 0.15) is 5.54 Å². The number of anilines is 1. The number of rotatable bonds is 3. The maximum Gasteiger partial charge on any atom is 0.331 e. The molecule has 17 heavy (non-hydrogen) atoms. The molecule has 4 heteroatoms. The number of hydrogen-bond acceptors (Lipinski definition) is 3. The van der Waals surface area contributed by atoms with Gasteiger partial charge in [-0.15, -0.1) is 0 Å². The van der Waals surface area contributed by atoms with E-state index in [1.807, 2.05) is 18.2 Å². The summed E-state index contributed by atoms with van der Waals surface area (Å²) in [4.78, 5) is 11.8. The van der Waals surface area contributed by atoms with E-state index in [0.717, 1.165) is 18.5 Å². The van der Waals surface area contributed by atoms with Gasteiger partial charge in [0.05, 0.1) is 17.8 Å². The van der Waals surface area contributed by atoms with Gasteiger partial charge >= 0.3 is 5.97 Å².